The predicted octanol–water partition coefficient (Wildman–Crippen LogP) is 5.47. The van der Waals surface area contributed by atoms with Gasteiger partial charge in [-0.15, -0.1) is 0 Å². The van der Waals surface area contributed by atoms with Crippen LogP contribution >= 0.6 is 0 Å². The standard InChI is InChI=1S/C21H16F2O2/c1-13-3-6-15(7-4-13)16-8-10-17(11-9-16)21(24)25-18-12-5-14(2)19(22)20(18)23/h3-12H,1-2H3. The fourth-order valence-electron chi connectivity index (χ4n) is 2.41. The second kappa shape index (κ2) is 6.85. The highest BCUT2D eigenvalue weighted by Crippen LogP contribution is 2.24. The number of esters is 1. The summed E-state index contributed by atoms with van der Waals surface area (Å²) in [5, 5.41) is 0. The Morgan fingerprint density at radius 1 is 0.760 bits per heavy atom. The van der Waals surface area contributed by atoms with Gasteiger partial charge in [0.1, 0.15) is 0 Å². The molecular formula is C21H16F2O2. The third-order valence-corrected chi connectivity index (χ3v) is 3.95. The van der Waals surface area contributed by atoms with Gasteiger partial charge < -0.3 is 4.74 Å². The molecule has 0 radical (unpaired) electrons. The average molecular weight is 338 g/mol. The van der Waals surface area contributed by atoms with E-state index in [2.05, 4.69) is 0 Å². The molecule has 0 heterocycles. The van der Waals surface area contributed by atoms with Crippen molar-refractivity contribution in [3.8, 4) is 16.9 Å². The van der Waals surface area contributed by atoms with Crippen molar-refractivity contribution in [3.63, 3.8) is 0 Å². The van der Waals surface area contributed by atoms with Crippen LogP contribution in [0.2, 0.25) is 0 Å². The van der Waals surface area contributed by atoms with E-state index in [9.17, 15) is 13.6 Å². The number of halogens is 2. The molecule has 0 bridgehead atoms. The van der Waals surface area contributed by atoms with E-state index in [0.29, 0.717) is 0 Å². The quantitative estimate of drug-likeness (QED) is 0.468. The molecule has 0 N–H and O–H groups in total. The van der Waals surface area contributed by atoms with Gasteiger partial charge in [0.15, 0.2) is 11.6 Å². The molecule has 0 amide bonds. The zero-order chi connectivity index (χ0) is 18.0. The molecule has 126 valence electrons. The van der Waals surface area contributed by atoms with Crippen LogP contribution in [0.15, 0.2) is 60.7 Å². The van der Waals surface area contributed by atoms with Crippen molar-refractivity contribution in [3.05, 3.63) is 89.0 Å². The molecule has 2 nitrogen and oxygen atoms in total. The first kappa shape index (κ1) is 16.8. The molecule has 0 saturated carbocycles. The Bertz CT molecular complexity index is 914. The van der Waals surface area contributed by atoms with Gasteiger partial charge in [0.25, 0.3) is 0 Å². The fraction of sp³-hybridized carbons (Fsp3) is 0.0952. The van der Waals surface area contributed by atoms with Crippen molar-refractivity contribution in [2.75, 3.05) is 0 Å². The summed E-state index contributed by atoms with van der Waals surface area (Å²) in [7, 11) is 0. The lowest BCUT2D eigenvalue weighted by Gasteiger charge is -2.08. The molecule has 0 saturated heterocycles. The third-order valence-electron chi connectivity index (χ3n) is 3.95. The normalized spacial score (nSPS) is 10.6. The third kappa shape index (κ3) is 3.58. The fourth-order valence-corrected chi connectivity index (χ4v) is 2.41. The van der Waals surface area contributed by atoms with E-state index < -0.39 is 23.4 Å². The van der Waals surface area contributed by atoms with Gasteiger partial charge in [-0.1, -0.05) is 48.0 Å². The SMILES string of the molecule is Cc1ccc(-c2ccc(C(=O)Oc3ccc(C)c(F)c3F)cc2)cc1. The average Bonchev–Trinajstić information content (AvgIpc) is 2.63. The largest absolute Gasteiger partial charge is 0.420 e. The molecule has 0 aliphatic carbocycles. The summed E-state index contributed by atoms with van der Waals surface area (Å²) in [5.74, 6) is -3.34. The van der Waals surface area contributed by atoms with Gasteiger partial charge >= 0.3 is 5.97 Å². The van der Waals surface area contributed by atoms with Crippen LogP contribution in [0.5, 0.6) is 5.75 Å². The number of carbonyl (C=O) groups is 1. The highest BCUT2D eigenvalue weighted by Gasteiger charge is 2.16. The summed E-state index contributed by atoms with van der Waals surface area (Å²) in [6, 6.07) is 17.4. The number of carbonyl (C=O) groups excluding carboxylic acids is 1. The highest BCUT2D eigenvalue weighted by molar-refractivity contribution is 5.91. The van der Waals surface area contributed by atoms with Crippen LogP contribution in [-0.2, 0) is 0 Å². The van der Waals surface area contributed by atoms with Crippen molar-refractivity contribution < 1.29 is 18.3 Å². The lowest BCUT2D eigenvalue weighted by Crippen LogP contribution is -2.10. The topological polar surface area (TPSA) is 26.3 Å². The van der Waals surface area contributed by atoms with Crippen LogP contribution in [0.1, 0.15) is 21.5 Å². The molecule has 3 aromatic rings. The van der Waals surface area contributed by atoms with Crippen molar-refractivity contribution in [2.24, 2.45) is 0 Å². The van der Waals surface area contributed by atoms with Crippen LogP contribution in [-0.4, -0.2) is 5.97 Å². The minimum absolute atomic E-state index is 0.153. The van der Waals surface area contributed by atoms with Gasteiger partial charge in [0.05, 0.1) is 5.56 Å². The van der Waals surface area contributed by atoms with Crippen molar-refractivity contribution in [1.82, 2.24) is 0 Å². The van der Waals surface area contributed by atoms with E-state index in [1.807, 2.05) is 31.2 Å². The Balaban J connectivity index is 1.79. The molecule has 3 aromatic carbocycles. The first-order valence-electron chi connectivity index (χ1n) is 7.79. The molecule has 0 spiro atoms. The molecule has 3 rings (SSSR count). The summed E-state index contributed by atoms with van der Waals surface area (Å²) in [6.45, 7) is 3.45. The molecule has 25 heavy (non-hydrogen) atoms. The number of benzene rings is 3. The lowest BCUT2D eigenvalue weighted by atomic mass is 10.0. The maximum absolute atomic E-state index is 13.8. The minimum Gasteiger partial charge on any atom is -0.420 e. The van der Waals surface area contributed by atoms with E-state index >= 15 is 0 Å². The molecule has 0 fully saturated rings. The number of hydrogen-bond acceptors (Lipinski definition) is 2. The minimum atomic E-state index is -1.16. The Morgan fingerprint density at radius 2 is 1.32 bits per heavy atom. The summed E-state index contributed by atoms with van der Waals surface area (Å²) in [6.07, 6.45) is 0. The van der Waals surface area contributed by atoms with Gasteiger partial charge in [-0.2, -0.15) is 4.39 Å². The van der Waals surface area contributed by atoms with Gasteiger partial charge in [0, 0.05) is 0 Å². The van der Waals surface area contributed by atoms with Gasteiger partial charge in [-0.25, -0.2) is 9.18 Å². The molecule has 0 atom stereocenters. The summed E-state index contributed by atoms with van der Waals surface area (Å²) in [4.78, 5) is 12.1. The Kier molecular flexibility index (Phi) is 4.61. The monoisotopic (exact) mass is 338 g/mol. The van der Waals surface area contributed by atoms with Gasteiger partial charge in [0.2, 0.25) is 5.82 Å². The number of hydrogen-bond donors (Lipinski definition) is 0. The van der Waals surface area contributed by atoms with Crippen molar-refractivity contribution >= 4 is 5.97 Å². The van der Waals surface area contributed by atoms with Gasteiger partial charge in [-0.3, -0.25) is 0 Å². The number of ether oxygens (including phenoxy) is 1. The first-order chi connectivity index (χ1) is 12.0. The van der Waals surface area contributed by atoms with Crippen LogP contribution in [0, 0.1) is 25.5 Å². The Hall–Kier alpha value is -3.01. The van der Waals surface area contributed by atoms with Crippen LogP contribution in [0.4, 0.5) is 8.78 Å². The second-order valence-corrected chi connectivity index (χ2v) is 5.84. The first-order valence-corrected chi connectivity index (χ1v) is 7.79. The number of aryl methyl sites for hydroxylation is 2. The second-order valence-electron chi connectivity index (χ2n) is 5.84. The summed E-state index contributed by atoms with van der Waals surface area (Å²) >= 11 is 0. The number of rotatable bonds is 3. The maximum Gasteiger partial charge on any atom is 0.343 e. The van der Waals surface area contributed by atoms with Crippen LogP contribution in [0.25, 0.3) is 11.1 Å². The van der Waals surface area contributed by atoms with Crippen molar-refractivity contribution in [2.45, 2.75) is 13.8 Å². The summed E-state index contributed by atoms with van der Waals surface area (Å²) < 4.78 is 32.3. The van der Waals surface area contributed by atoms with Crippen LogP contribution < -0.4 is 4.74 Å². The van der Waals surface area contributed by atoms with E-state index in [1.54, 1.807) is 24.3 Å². The van der Waals surface area contributed by atoms with E-state index in [-0.39, 0.29) is 11.1 Å². The molecular weight excluding hydrogens is 322 g/mol. The molecule has 0 aliphatic heterocycles. The molecule has 4 heteroatoms. The van der Waals surface area contributed by atoms with E-state index in [0.717, 1.165) is 16.7 Å². The maximum atomic E-state index is 13.8. The van der Waals surface area contributed by atoms with Crippen molar-refractivity contribution in [1.29, 1.82) is 0 Å². The highest BCUT2D eigenvalue weighted by atomic mass is 19.2. The smallest absolute Gasteiger partial charge is 0.343 e. The molecule has 0 aliphatic rings. The van der Waals surface area contributed by atoms with Crippen LogP contribution in [0.3, 0.4) is 0 Å². The Labute approximate surface area is 144 Å². The molecule has 0 unspecified atom stereocenters. The summed E-state index contributed by atoms with van der Waals surface area (Å²) in [5.41, 5.74) is 3.55. The zero-order valence-electron chi connectivity index (χ0n) is 13.8. The predicted molar refractivity (Wildman–Crippen MR) is 92.7 cm³/mol. The van der Waals surface area contributed by atoms with E-state index in [1.165, 1.54) is 19.1 Å². The van der Waals surface area contributed by atoms with E-state index in [4.69, 9.17) is 4.74 Å². The zero-order valence-corrected chi connectivity index (χ0v) is 13.8. The molecule has 0 aromatic heterocycles. The lowest BCUT2D eigenvalue weighted by molar-refractivity contribution is 0.0726. The Morgan fingerprint density at radius 3 is 1.92 bits per heavy atom. The van der Waals surface area contributed by atoms with Gasteiger partial charge in [-0.05, 0) is 48.7 Å².